The molecule has 2 aromatic rings. The van der Waals surface area contributed by atoms with Gasteiger partial charge in [0.15, 0.2) is 0 Å². The van der Waals surface area contributed by atoms with Crippen LogP contribution in [0.1, 0.15) is 31.2 Å². The molecule has 30 heavy (non-hydrogen) atoms. The van der Waals surface area contributed by atoms with Crippen molar-refractivity contribution in [1.82, 2.24) is 16.0 Å². The molecule has 151 valence electrons. The number of rotatable bonds is 6. The van der Waals surface area contributed by atoms with Gasteiger partial charge in [-0.05, 0) is 0 Å². The molecule has 0 heterocycles. The summed E-state index contributed by atoms with van der Waals surface area (Å²) in [5.74, 6) is -1.30. The number of hydrogen-bond acceptors (Lipinski definition) is 3. The summed E-state index contributed by atoms with van der Waals surface area (Å²) < 4.78 is 0. The van der Waals surface area contributed by atoms with Crippen LogP contribution >= 0.6 is 0 Å². The van der Waals surface area contributed by atoms with Crippen molar-refractivity contribution in [3.05, 3.63) is 71.3 Å². The van der Waals surface area contributed by atoms with Gasteiger partial charge < -0.3 is 0 Å². The van der Waals surface area contributed by atoms with Crippen LogP contribution < -0.4 is 16.0 Å². The zero-order chi connectivity index (χ0) is 21.1. The second kappa shape index (κ2) is 8.30. The Kier molecular flexibility index (Phi) is 5.58. The number of allylic oxidation sites excluding steroid dienone is 2. The van der Waals surface area contributed by atoms with E-state index in [0.717, 1.165) is 36.8 Å². The van der Waals surface area contributed by atoms with Crippen molar-refractivity contribution in [2.24, 2.45) is 0 Å². The van der Waals surface area contributed by atoms with E-state index >= 15 is 0 Å². The van der Waals surface area contributed by atoms with Crippen molar-refractivity contribution in [3.8, 4) is 0 Å². The standard InChI is InChI=1S/C24H25BN3O2/c1-26-22(29)23(30)27-15-17-8-3-5-11-19(17)21(25)28-24(13-14-24)20-12-6-9-16-7-2-4-10-18(16)20/h2,4,6-12,28H,3,5,13-15H2,1H3,(H,26,29)(H,27,30). The van der Waals surface area contributed by atoms with Crippen LogP contribution in [0, 0.1) is 0 Å². The summed E-state index contributed by atoms with van der Waals surface area (Å²) >= 11 is 0. The van der Waals surface area contributed by atoms with E-state index in [1.165, 1.54) is 23.4 Å². The summed E-state index contributed by atoms with van der Waals surface area (Å²) in [6.45, 7) is 0.266. The van der Waals surface area contributed by atoms with Crippen molar-refractivity contribution < 1.29 is 9.59 Å². The SMILES string of the molecule is [B]=C(NC1(c2cccc3ccccc23)CC1)C1=CCCC=C1CNC(=O)C(=O)NC. The molecule has 3 N–H and O–H groups in total. The normalized spacial score (nSPS) is 16.8. The Morgan fingerprint density at radius 1 is 1.00 bits per heavy atom. The number of benzene rings is 2. The van der Waals surface area contributed by atoms with Crippen molar-refractivity contribution in [1.29, 1.82) is 0 Å². The Morgan fingerprint density at radius 2 is 1.73 bits per heavy atom. The van der Waals surface area contributed by atoms with E-state index in [4.69, 9.17) is 7.49 Å². The number of nitrogens with one attached hydrogen (secondary N) is 3. The van der Waals surface area contributed by atoms with Gasteiger partial charge in [0.25, 0.3) is 0 Å². The molecule has 0 aromatic heterocycles. The molecule has 0 aliphatic heterocycles. The number of amides is 2. The quantitative estimate of drug-likeness (QED) is 0.516. The van der Waals surface area contributed by atoms with E-state index in [9.17, 15) is 9.59 Å². The Balaban J connectivity index is 1.51. The third-order valence-corrected chi connectivity index (χ3v) is 5.84. The van der Waals surface area contributed by atoms with E-state index in [1.54, 1.807) is 0 Å². The fourth-order valence-electron chi connectivity index (χ4n) is 4.10. The first-order chi connectivity index (χ1) is 14.5. The second-order valence-corrected chi connectivity index (χ2v) is 7.83. The van der Waals surface area contributed by atoms with Gasteiger partial charge in [0.2, 0.25) is 0 Å². The molecular formula is C24H25BN3O2. The summed E-state index contributed by atoms with van der Waals surface area (Å²) in [6.07, 6.45) is 7.99. The first-order valence-corrected chi connectivity index (χ1v) is 10.3. The van der Waals surface area contributed by atoms with E-state index in [1.807, 2.05) is 0 Å². The van der Waals surface area contributed by atoms with Crippen LogP contribution in [0.4, 0.5) is 0 Å². The average molecular weight is 398 g/mol. The van der Waals surface area contributed by atoms with Crippen LogP contribution in [0.2, 0.25) is 0 Å². The zero-order valence-electron chi connectivity index (χ0n) is 17.1. The average Bonchev–Trinajstić information content (AvgIpc) is 3.56. The van der Waals surface area contributed by atoms with E-state index in [2.05, 4.69) is 70.6 Å². The minimum absolute atomic E-state index is 0.167. The molecule has 2 aliphatic carbocycles. The van der Waals surface area contributed by atoms with Crippen LogP contribution in [0.15, 0.2) is 65.8 Å². The molecule has 6 heteroatoms. The number of carbonyl (C=O) groups is 2. The van der Waals surface area contributed by atoms with E-state index in [-0.39, 0.29) is 12.1 Å². The zero-order valence-corrected chi connectivity index (χ0v) is 17.1. The molecule has 1 fully saturated rings. The number of hydrogen-bond donors (Lipinski definition) is 3. The first-order valence-electron chi connectivity index (χ1n) is 10.3. The molecule has 5 nitrogen and oxygen atoms in total. The molecule has 2 aliphatic rings. The van der Waals surface area contributed by atoms with Gasteiger partial charge in [-0.2, -0.15) is 0 Å². The third kappa shape index (κ3) is 3.95. The van der Waals surface area contributed by atoms with Gasteiger partial charge in [0.05, 0.1) is 0 Å². The van der Waals surface area contributed by atoms with Crippen LogP contribution in [-0.4, -0.2) is 38.5 Å². The van der Waals surface area contributed by atoms with E-state index in [0.29, 0.717) is 5.59 Å². The molecule has 0 unspecified atom stereocenters. The van der Waals surface area contributed by atoms with Gasteiger partial charge in [0, 0.05) is 0 Å². The van der Waals surface area contributed by atoms with Crippen LogP contribution in [0.5, 0.6) is 0 Å². The molecule has 4 rings (SSSR count). The maximum absolute atomic E-state index is 11.8. The fourth-order valence-corrected chi connectivity index (χ4v) is 4.10. The molecule has 0 atom stereocenters. The predicted octanol–water partition coefficient (Wildman–Crippen LogP) is 2.23. The van der Waals surface area contributed by atoms with Crippen molar-refractivity contribution >= 4 is 35.7 Å². The first kappa shape index (κ1) is 20.1. The fraction of sp³-hybridized carbons (Fsp3) is 0.292. The van der Waals surface area contributed by atoms with Crippen LogP contribution in [0.25, 0.3) is 10.8 Å². The summed E-state index contributed by atoms with van der Waals surface area (Å²) in [5, 5.41) is 11.0. The molecular weight excluding hydrogens is 373 g/mol. The molecule has 0 spiro atoms. The van der Waals surface area contributed by atoms with Crippen LogP contribution in [0.3, 0.4) is 0 Å². The number of carbonyl (C=O) groups excluding carboxylic acids is 2. The molecule has 2 aromatic carbocycles. The third-order valence-electron chi connectivity index (χ3n) is 5.84. The number of likely N-dealkylation sites (N-methyl/N-ethyl adjacent to an activating group) is 1. The summed E-state index contributed by atoms with van der Waals surface area (Å²) in [7, 11) is 7.98. The van der Waals surface area contributed by atoms with Gasteiger partial charge in [-0.1, -0.05) is 0 Å². The van der Waals surface area contributed by atoms with Gasteiger partial charge in [0.1, 0.15) is 0 Å². The summed E-state index contributed by atoms with van der Waals surface area (Å²) in [4.78, 5) is 23.3. The topological polar surface area (TPSA) is 70.2 Å². The molecule has 0 bridgehead atoms. The Bertz CT molecular complexity index is 1080. The Morgan fingerprint density at radius 3 is 2.50 bits per heavy atom. The summed E-state index contributed by atoms with van der Waals surface area (Å²) in [5.41, 5.74) is 3.54. The van der Waals surface area contributed by atoms with Crippen LogP contribution in [-0.2, 0) is 15.1 Å². The van der Waals surface area contributed by atoms with E-state index < -0.39 is 11.8 Å². The molecule has 1 saturated carbocycles. The van der Waals surface area contributed by atoms with Gasteiger partial charge in [-0.15, -0.1) is 0 Å². The Hall–Kier alpha value is -3.15. The van der Waals surface area contributed by atoms with Gasteiger partial charge in [-0.3, -0.25) is 0 Å². The Labute approximate surface area is 177 Å². The summed E-state index contributed by atoms with van der Waals surface area (Å²) in [6, 6.07) is 14.8. The maximum atomic E-state index is 11.8. The molecule has 2 amide bonds. The van der Waals surface area contributed by atoms with Gasteiger partial charge in [-0.25, -0.2) is 0 Å². The number of fused-ring (bicyclic) bond motifs is 1. The van der Waals surface area contributed by atoms with Crippen molar-refractivity contribution in [3.63, 3.8) is 0 Å². The molecule has 1 radical (unpaired) electrons. The second-order valence-electron chi connectivity index (χ2n) is 7.83. The molecule has 0 saturated heterocycles. The minimum atomic E-state index is -0.653. The van der Waals surface area contributed by atoms with Crippen molar-refractivity contribution in [2.75, 3.05) is 13.6 Å². The van der Waals surface area contributed by atoms with Gasteiger partial charge >= 0.3 is 177 Å². The van der Waals surface area contributed by atoms with Crippen molar-refractivity contribution in [2.45, 2.75) is 31.2 Å². The monoisotopic (exact) mass is 398 g/mol. The predicted molar refractivity (Wildman–Crippen MR) is 121 cm³/mol.